The summed E-state index contributed by atoms with van der Waals surface area (Å²) in [4.78, 5) is 0. The Morgan fingerprint density at radius 2 is 1.57 bits per heavy atom. The van der Waals surface area contributed by atoms with Gasteiger partial charge in [0, 0.05) is 0 Å². The zero-order valence-electron chi connectivity index (χ0n) is 21.0. The third kappa shape index (κ3) is 6.91. The summed E-state index contributed by atoms with van der Waals surface area (Å²) in [5.41, 5.74) is -0.00420. The molecule has 0 amide bonds. The normalized spacial score (nSPS) is 47.4. The summed E-state index contributed by atoms with van der Waals surface area (Å²) in [5.74, 6) is 0.770. The van der Waals surface area contributed by atoms with E-state index in [1.807, 2.05) is 6.92 Å². The van der Waals surface area contributed by atoms with Gasteiger partial charge in [-0.2, -0.15) is 0 Å². The van der Waals surface area contributed by atoms with Crippen molar-refractivity contribution in [2.24, 2.45) is 17.3 Å². The SMILES string of the molecule is C[C@H](CC[C@H]1[C@H](C)C[C@H](O)CC1(C)C)O[C@@H]1O[C@H](CO[C@@H]2OC[C@@H](O)[C@H](O)[C@H]2O)[C@@H](O)[C@H](O)[C@H]1O. The predicted octanol–water partition coefficient (Wildman–Crippen LogP) is -1.13. The molecule has 13 atom stereocenters. The van der Waals surface area contributed by atoms with Gasteiger partial charge in [-0.25, -0.2) is 0 Å². The Balaban J connectivity index is 1.53. The Morgan fingerprint density at radius 1 is 0.914 bits per heavy atom. The first-order valence-corrected chi connectivity index (χ1v) is 12.6. The van der Waals surface area contributed by atoms with Gasteiger partial charge in [0.1, 0.15) is 42.7 Å². The molecule has 206 valence electrons. The number of aliphatic hydroxyl groups excluding tert-OH is 7. The van der Waals surface area contributed by atoms with E-state index in [1.165, 1.54) is 0 Å². The molecule has 0 aromatic carbocycles. The summed E-state index contributed by atoms with van der Waals surface area (Å²) in [6.45, 7) is 7.80. The molecule has 3 aliphatic rings. The Labute approximate surface area is 206 Å². The summed E-state index contributed by atoms with van der Waals surface area (Å²) < 4.78 is 22.2. The van der Waals surface area contributed by atoms with Gasteiger partial charge >= 0.3 is 0 Å². The van der Waals surface area contributed by atoms with Crippen LogP contribution in [0, 0.1) is 17.3 Å². The van der Waals surface area contributed by atoms with Crippen molar-refractivity contribution in [3.63, 3.8) is 0 Å². The van der Waals surface area contributed by atoms with Crippen LogP contribution in [0.1, 0.15) is 53.4 Å². The molecule has 0 unspecified atom stereocenters. The fourth-order valence-electron chi connectivity index (χ4n) is 5.87. The molecule has 1 saturated carbocycles. The van der Waals surface area contributed by atoms with Crippen molar-refractivity contribution < 1.29 is 54.7 Å². The molecule has 0 aromatic rings. The third-order valence-electron chi connectivity index (χ3n) is 7.89. The lowest BCUT2D eigenvalue weighted by atomic mass is 9.61. The first kappa shape index (κ1) is 29.1. The average Bonchev–Trinajstić information content (AvgIpc) is 2.76. The molecule has 2 heterocycles. The van der Waals surface area contributed by atoms with Gasteiger partial charge in [-0.05, 0) is 49.9 Å². The molecule has 0 bridgehead atoms. The standard InChI is InChI=1S/C24H44O11/c1-11-7-13(25)8-24(3,4)14(11)6-5-12(2)34-23-21(31)19(29)18(28)16(35-23)10-33-22-20(30)17(27)15(26)9-32-22/h11-23,25-31H,5-10H2,1-4H3/t11-,12-,13+,14+,15-,16-,17+,18-,19+,20-,21-,22+,23-/m1/s1. The molecule has 35 heavy (non-hydrogen) atoms. The smallest absolute Gasteiger partial charge is 0.186 e. The van der Waals surface area contributed by atoms with Crippen LogP contribution in [0.4, 0.5) is 0 Å². The predicted molar refractivity (Wildman–Crippen MR) is 122 cm³/mol. The van der Waals surface area contributed by atoms with Crippen molar-refractivity contribution in [3.8, 4) is 0 Å². The summed E-state index contributed by atoms with van der Waals surface area (Å²) in [6, 6.07) is 0. The minimum atomic E-state index is -1.54. The van der Waals surface area contributed by atoms with E-state index in [9.17, 15) is 35.7 Å². The lowest BCUT2D eigenvalue weighted by Gasteiger charge is -2.46. The summed E-state index contributed by atoms with van der Waals surface area (Å²) in [5, 5.41) is 70.6. The molecule has 0 aromatic heterocycles. The molecular formula is C24H44O11. The molecule has 2 aliphatic heterocycles. The van der Waals surface area contributed by atoms with Gasteiger partial charge in [-0.1, -0.05) is 20.8 Å². The van der Waals surface area contributed by atoms with Gasteiger partial charge in [-0.15, -0.1) is 0 Å². The molecule has 1 aliphatic carbocycles. The van der Waals surface area contributed by atoms with Gasteiger partial charge < -0.3 is 54.7 Å². The van der Waals surface area contributed by atoms with E-state index >= 15 is 0 Å². The van der Waals surface area contributed by atoms with E-state index in [1.54, 1.807) is 0 Å². The number of ether oxygens (including phenoxy) is 4. The van der Waals surface area contributed by atoms with Crippen LogP contribution in [0.15, 0.2) is 0 Å². The maximum absolute atomic E-state index is 10.4. The molecule has 11 nitrogen and oxygen atoms in total. The van der Waals surface area contributed by atoms with Crippen LogP contribution in [-0.4, -0.2) is 116 Å². The van der Waals surface area contributed by atoms with Crippen LogP contribution >= 0.6 is 0 Å². The zero-order valence-corrected chi connectivity index (χ0v) is 21.0. The second kappa shape index (κ2) is 12.0. The van der Waals surface area contributed by atoms with Gasteiger partial charge in [0.05, 0.1) is 25.4 Å². The minimum absolute atomic E-state index is 0.00420. The molecule has 3 rings (SSSR count). The first-order valence-electron chi connectivity index (χ1n) is 12.6. The summed E-state index contributed by atoms with van der Waals surface area (Å²) >= 11 is 0. The van der Waals surface area contributed by atoms with Crippen molar-refractivity contribution in [1.82, 2.24) is 0 Å². The quantitative estimate of drug-likeness (QED) is 0.211. The van der Waals surface area contributed by atoms with E-state index in [4.69, 9.17) is 18.9 Å². The van der Waals surface area contributed by atoms with E-state index in [0.717, 1.165) is 19.3 Å². The summed E-state index contributed by atoms with van der Waals surface area (Å²) in [7, 11) is 0. The van der Waals surface area contributed by atoms with Crippen LogP contribution in [0.5, 0.6) is 0 Å². The van der Waals surface area contributed by atoms with E-state index < -0.39 is 55.3 Å². The molecule has 3 fully saturated rings. The zero-order chi connectivity index (χ0) is 26.1. The third-order valence-corrected chi connectivity index (χ3v) is 7.89. The van der Waals surface area contributed by atoms with Crippen molar-refractivity contribution in [1.29, 1.82) is 0 Å². The number of hydrogen-bond donors (Lipinski definition) is 7. The summed E-state index contributed by atoms with van der Waals surface area (Å²) in [6.07, 6.45) is -9.77. The fraction of sp³-hybridized carbons (Fsp3) is 1.00. The van der Waals surface area contributed by atoms with Crippen molar-refractivity contribution in [3.05, 3.63) is 0 Å². The van der Waals surface area contributed by atoms with Crippen LogP contribution in [0.2, 0.25) is 0 Å². The van der Waals surface area contributed by atoms with E-state index in [0.29, 0.717) is 18.3 Å². The van der Waals surface area contributed by atoms with Crippen LogP contribution in [0.25, 0.3) is 0 Å². The van der Waals surface area contributed by atoms with Gasteiger partial charge in [-0.3, -0.25) is 0 Å². The number of hydrogen-bond acceptors (Lipinski definition) is 11. The largest absolute Gasteiger partial charge is 0.393 e. The molecule has 11 heteroatoms. The topological polar surface area (TPSA) is 179 Å². The highest BCUT2D eigenvalue weighted by molar-refractivity contribution is 4.92. The molecule has 0 spiro atoms. The van der Waals surface area contributed by atoms with Gasteiger partial charge in [0.2, 0.25) is 0 Å². The Hall–Kier alpha value is -0.440. The van der Waals surface area contributed by atoms with E-state index in [2.05, 4.69) is 20.8 Å². The maximum Gasteiger partial charge on any atom is 0.186 e. The second-order valence-corrected chi connectivity index (χ2v) is 11.3. The minimum Gasteiger partial charge on any atom is -0.393 e. The van der Waals surface area contributed by atoms with E-state index in [-0.39, 0.29) is 30.8 Å². The fourth-order valence-corrected chi connectivity index (χ4v) is 5.87. The molecule has 7 N–H and O–H groups in total. The average molecular weight is 509 g/mol. The maximum atomic E-state index is 10.4. The van der Waals surface area contributed by atoms with Crippen molar-refractivity contribution in [2.45, 2.75) is 121 Å². The molecule has 0 radical (unpaired) electrons. The van der Waals surface area contributed by atoms with Gasteiger partial charge in [0.15, 0.2) is 12.6 Å². The number of aliphatic hydroxyl groups is 7. The van der Waals surface area contributed by atoms with Crippen LogP contribution in [0.3, 0.4) is 0 Å². The molecule has 2 saturated heterocycles. The Kier molecular flexibility index (Phi) is 9.94. The Bertz CT molecular complexity index is 663. The number of rotatable bonds is 8. The highest BCUT2D eigenvalue weighted by Gasteiger charge is 2.46. The highest BCUT2D eigenvalue weighted by atomic mass is 16.7. The van der Waals surface area contributed by atoms with Crippen molar-refractivity contribution in [2.75, 3.05) is 13.2 Å². The lowest BCUT2D eigenvalue weighted by molar-refractivity contribution is -0.327. The van der Waals surface area contributed by atoms with Gasteiger partial charge in [0.25, 0.3) is 0 Å². The second-order valence-electron chi connectivity index (χ2n) is 11.3. The van der Waals surface area contributed by atoms with Crippen LogP contribution in [-0.2, 0) is 18.9 Å². The monoisotopic (exact) mass is 508 g/mol. The first-order chi connectivity index (χ1) is 16.3. The van der Waals surface area contributed by atoms with Crippen molar-refractivity contribution >= 4 is 0 Å². The highest BCUT2D eigenvalue weighted by Crippen LogP contribution is 2.46. The lowest BCUT2D eigenvalue weighted by Crippen LogP contribution is -2.60. The Morgan fingerprint density at radius 3 is 2.23 bits per heavy atom. The van der Waals surface area contributed by atoms with Crippen LogP contribution < -0.4 is 0 Å². The molecular weight excluding hydrogens is 464 g/mol.